The maximum absolute atomic E-state index is 4.39. The van der Waals surface area contributed by atoms with Crippen molar-refractivity contribution < 1.29 is 0 Å². The number of anilines is 1. The van der Waals surface area contributed by atoms with E-state index in [4.69, 9.17) is 0 Å². The summed E-state index contributed by atoms with van der Waals surface area (Å²) in [6.07, 6.45) is 4.74. The van der Waals surface area contributed by atoms with Crippen LogP contribution in [-0.4, -0.2) is 47.6 Å². The molecule has 0 N–H and O–H groups in total. The second-order valence-electron chi connectivity index (χ2n) is 4.16. The molecule has 0 unspecified atom stereocenters. The maximum Gasteiger partial charge on any atom is 0.147 e. The van der Waals surface area contributed by atoms with Crippen molar-refractivity contribution in [2.75, 3.05) is 37.6 Å². The van der Waals surface area contributed by atoms with Crippen molar-refractivity contribution in [2.45, 2.75) is 27.2 Å². The van der Waals surface area contributed by atoms with Gasteiger partial charge in [-0.15, -0.1) is 0 Å². The fourth-order valence-corrected chi connectivity index (χ4v) is 2.13. The molecule has 0 aliphatic rings. The molecule has 0 fully saturated rings. The van der Waals surface area contributed by atoms with Gasteiger partial charge in [0.2, 0.25) is 0 Å². The van der Waals surface area contributed by atoms with Crippen molar-refractivity contribution in [1.29, 1.82) is 0 Å². The minimum atomic E-state index is 0.783. The summed E-state index contributed by atoms with van der Waals surface area (Å²) in [6, 6.07) is 0. The van der Waals surface area contributed by atoms with Gasteiger partial charge in [0.15, 0.2) is 0 Å². The molecule has 4 nitrogen and oxygen atoms in total. The van der Waals surface area contributed by atoms with Gasteiger partial charge >= 0.3 is 0 Å². The highest BCUT2D eigenvalue weighted by Crippen LogP contribution is 2.11. The van der Waals surface area contributed by atoms with Crippen LogP contribution in [0.1, 0.15) is 27.2 Å². The lowest BCUT2D eigenvalue weighted by molar-refractivity contribution is 0.300. The third-order valence-corrected chi connectivity index (χ3v) is 3.52. The van der Waals surface area contributed by atoms with Gasteiger partial charge in [0.25, 0.3) is 0 Å². The monoisotopic (exact) mass is 314 g/mol. The first-order valence-electron chi connectivity index (χ1n) is 6.66. The molecule has 1 aromatic rings. The van der Waals surface area contributed by atoms with Gasteiger partial charge in [-0.1, -0.05) is 13.8 Å². The Morgan fingerprint density at radius 2 is 1.72 bits per heavy atom. The zero-order valence-corrected chi connectivity index (χ0v) is 13.2. The van der Waals surface area contributed by atoms with Crippen LogP contribution in [0, 0.1) is 0 Å². The van der Waals surface area contributed by atoms with E-state index in [-0.39, 0.29) is 0 Å². The fourth-order valence-electron chi connectivity index (χ4n) is 1.93. The zero-order valence-electron chi connectivity index (χ0n) is 11.6. The van der Waals surface area contributed by atoms with Crippen molar-refractivity contribution in [2.24, 2.45) is 0 Å². The van der Waals surface area contributed by atoms with Crippen LogP contribution in [0.5, 0.6) is 0 Å². The van der Waals surface area contributed by atoms with E-state index in [9.17, 15) is 0 Å². The van der Waals surface area contributed by atoms with Gasteiger partial charge in [-0.2, -0.15) is 0 Å². The summed E-state index contributed by atoms with van der Waals surface area (Å²) >= 11 is 3.31. The summed E-state index contributed by atoms with van der Waals surface area (Å²) in [6.45, 7) is 12.0. The molecule has 0 spiro atoms. The van der Waals surface area contributed by atoms with Gasteiger partial charge in [0.05, 0.1) is 12.4 Å². The largest absolute Gasteiger partial charge is 0.356 e. The molecule has 0 saturated heterocycles. The molecule has 0 amide bonds. The summed E-state index contributed by atoms with van der Waals surface area (Å²) in [5.74, 6) is 0.959. The molecule has 0 aliphatic heterocycles. The first-order valence-corrected chi connectivity index (χ1v) is 7.45. The molecular formula is C13H23BrN4. The lowest BCUT2D eigenvalue weighted by atomic mass is 10.3. The Hall–Kier alpha value is -0.680. The Morgan fingerprint density at radius 1 is 1.00 bits per heavy atom. The lowest BCUT2D eigenvalue weighted by Crippen LogP contribution is -2.30. The topological polar surface area (TPSA) is 32.3 Å². The predicted octanol–water partition coefficient (Wildman–Crippen LogP) is 2.80. The van der Waals surface area contributed by atoms with E-state index in [1.807, 2.05) is 6.20 Å². The summed E-state index contributed by atoms with van der Waals surface area (Å²) < 4.78 is 0.783. The van der Waals surface area contributed by atoms with Crippen molar-refractivity contribution in [3.63, 3.8) is 0 Å². The van der Waals surface area contributed by atoms with Crippen LogP contribution in [0.2, 0.25) is 0 Å². The van der Waals surface area contributed by atoms with Crippen LogP contribution in [-0.2, 0) is 0 Å². The van der Waals surface area contributed by atoms with Crippen molar-refractivity contribution in [1.82, 2.24) is 14.9 Å². The summed E-state index contributed by atoms with van der Waals surface area (Å²) in [4.78, 5) is 13.3. The molecule has 0 aromatic carbocycles. The number of hydrogen-bond donors (Lipinski definition) is 0. The van der Waals surface area contributed by atoms with Gasteiger partial charge in [0.1, 0.15) is 10.4 Å². The average Bonchev–Trinajstić information content (AvgIpc) is 2.41. The Morgan fingerprint density at radius 3 is 2.22 bits per heavy atom. The first-order chi connectivity index (χ1) is 8.71. The van der Waals surface area contributed by atoms with E-state index < -0.39 is 0 Å². The van der Waals surface area contributed by atoms with Gasteiger partial charge in [0, 0.05) is 13.1 Å². The number of hydrogen-bond acceptors (Lipinski definition) is 4. The molecule has 18 heavy (non-hydrogen) atoms. The molecule has 1 heterocycles. The number of halogens is 1. The molecule has 0 radical (unpaired) electrons. The van der Waals surface area contributed by atoms with Crippen LogP contribution < -0.4 is 4.90 Å². The van der Waals surface area contributed by atoms with Crippen LogP contribution in [0.3, 0.4) is 0 Å². The second-order valence-corrected chi connectivity index (χ2v) is 4.97. The van der Waals surface area contributed by atoms with E-state index in [2.05, 4.69) is 56.5 Å². The highest BCUT2D eigenvalue weighted by atomic mass is 79.9. The van der Waals surface area contributed by atoms with Crippen LogP contribution >= 0.6 is 15.9 Å². The van der Waals surface area contributed by atoms with E-state index in [0.717, 1.165) is 49.6 Å². The normalized spacial score (nSPS) is 10.9. The van der Waals surface area contributed by atoms with Crippen LogP contribution in [0.15, 0.2) is 17.0 Å². The SMILES string of the molecule is CCN(CC)CCCN(CC)c1cnc(Br)cn1. The number of rotatable bonds is 8. The standard InChI is InChI=1S/C13H23BrN4/c1-4-17(5-2)8-7-9-18(6-3)13-11-15-12(14)10-16-13/h10-11H,4-9H2,1-3H3. The molecule has 102 valence electrons. The fraction of sp³-hybridized carbons (Fsp3) is 0.692. The quantitative estimate of drug-likeness (QED) is 0.738. The highest BCUT2D eigenvalue weighted by Gasteiger charge is 2.07. The van der Waals surface area contributed by atoms with Crippen LogP contribution in [0.4, 0.5) is 5.82 Å². The molecule has 0 aliphatic carbocycles. The maximum atomic E-state index is 4.39. The van der Waals surface area contributed by atoms with E-state index in [1.165, 1.54) is 0 Å². The van der Waals surface area contributed by atoms with Gasteiger partial charge < -0.3 is 9.80 Å². The van der Waals surface area contributed by atoms with Gasteiger partial charge in [-0.3, -0.25) is 0 Å². The third kappa shape index (κ3) is 4.90. The highest BCUT2D eigenvalue weighted by molar-refractivity contribution is 9.10. The smallest absolute Gasteiger partial charge is 0.147 e. The summed E-state index contributed by atoms with van der Waals surface area (Å²) in [5, 5.41) is 0. The van der Waals surface area contributed by atoms with Crippen molar-refractivity contribution >= 4 is 21.7 Å². The molecular weight excluding hydrogens is 292 g/mol. The second kappa shape index (κ2) is 8.43. The Kier molecular flexibility index (Phi) is 7.20. The molecule has 1 rings (SSSR count). The molecule has 0 saturated carbocycles. The minimum Gasteiger partial charge on any atom is -0.356 e. The van der Waals surface area contributed by atoms with Crippen molar-refractivity contribution in [3.05, 3.63) is 17.0 Å². The van der Waals surface area contributed by atoms with Gasteiger partial charge in [-0.05, 0) is 48.9 Å². The number of aromatic nitrogens is 2. The zero-order chi connectivity index (χ0) is 13.4. The molecule has 0 atom stereocenters. The lowest BCUT2D eigenvalue weighted by Gasteiger charge is -2.24. The minimum absolute atomic E-state index is 0.783. The Labute approximate surface area is 119 Å². The van der Waals surface area contributed by atoms with E-state index in [0.29, 0.717) is 0 Å². The molecule has 1 aromatic heterocycles. The van der Waals surface area contributed by atoms with E-state index >= 15 is 0 Å². The summed E-state index contributed by atoms with van der Waals surface area (Å²) in [7, 11) is 0. The average molecular weight is 315 g/mol. The molecule has 0 bridgehead atoms. The van der Waals surface area contributed by atoms with Gasteiger partial charge in [-0.25, -0.2) is 9.97 Å². The number of nitrogens with zero attached hydrogens (tertiary/aromatic N) is 4. The first kappa shape index (κ1) is 15.4. The summed E-state index contributed by atoms with van der Waals surface area (Å²) in [5.41, 5.74) is 0. The third-order valence-electron chi connectivity index (χ3n) is 3.11. The van der Waals surface area contributed by atoms with Crippen LogP contribution in [0.25, 0.3) is 0 Å². The van der Waals surface area contributed by atoms with E-state index in [1.54, 1.807) is 6.20 Å². The Balaban J connectivity index is 2.44. The Bertz CT molecular complexity index is 324. The van der Waals surface area contributed by atoms with Crippen molar-refractivity contribution in [3.8, 4) is 0 Å². The molecule has 5 heteroatoms. The predicted molar refractivity (Wildman–Crippen MR) is 80.0 cm³/mol.